The molecule has 2 N–H and O–H groups in total. The highest BCUT2D eigenvalue weighted by Crippen LogP contribution is 2.33. The van der Waals surface area contributed by atoms with Crippen molar-refractivity contribution in [1.29, 1.82) is 0 Å². The molecular weight excluding hydrogens is 276 g/mol. The third-order valence-corrected chi connectivity index (χ3v) is 4.27. The van der Waals surface area contributed by atoms with Crippen LogP contribution in [-0.4, -0.2) is 6.54 Å². The van der Waals surface area contributed by atoms with Crippen molar-refractivity contribution in [3.05, 3.63) is 58.7 Å². The summed E-state index contributed by atoms with van der Waals surface area (Å²) < 4.78 is 28.0. The van der Waals surface area contributed by atoms with Crippen LogP contribution in [-0.2, 0) is 6.42 Å². The van der Waals surface area contributed by atoms with Gasteiger partial charge in [-0.25, -0.2) is 8.78 Å². The molecule has 2 aromatic rings. The summed E-state index contributed by atoms with van der Waals surface area (Å²) in [6.45, 7) is 4.37. The minimum Gasteiger partial charge on any atom is -0.330 e. The summed E-state index contributed by atoms with van der Waals surface area (Å²) in [6, 6.07) is 8.49. The Balaban J connectivity index is 2.31. The second kappa shape index (κ2) is 6.37. The largest absolute Gasteiger partial charge is 0.330 e. The quantitative estimate of drug-likeness (QED) is 0.912. The summed E-state index contributed by atoms with van der Waals surface area (Å²) in [5.41, 5.74) is 8.26. The molecule has 0 aliphatic carbocycles. The Kier molecular flexibility index (Phi) is 4.78. The lowest BCUT2D eigenvalue weighted by molar-refractivity contribution is 0.537. The molecule has 1 nitrogen and oxygen atoms in total. The lowest BCUT2D eigenvalue weighted by Crippen LogP contribution is -2.04. The number of benzene rings is 2. The van der Waals surface area contributed by atoms with Gasteiger partial charge in [-0.2, -0.15) is 0 Å². The van der Waals surface area contributed by atoms with E-state index >= 15 is 0 Å². The normalized spacial score (nSPS) is 10.8. The monoisotopic (exact) mass is 293 g/mol. The maximum atomic E-state index is 14.0. The Morgan fingerprint density at radius 1 is 1.00 bits per heavy atom. The molecular formula is C16H17F2NS. The fourth-order valence-corrected chi connectivity index (χ4v) is 2.84. The molecule has 0 heterocycles. The molecule has 0 aliphatic heterocycles. The van der Waals surface area contributed by atoms with Crippen LogP contribution in [0.4, 0.5) is 8.78 Å². The lowest BCUT2D eigenvalue weighted by atomic mass is 10.1. The van der Waals surface area contributed by atoms with Crippen LogP contribution in [0.1, 0.15) is 16.7 Å². The predicted molar refractivity (Wildman–Crippen MR) is 79.2 cm³/mol. The molecule has 0 aromatic heterocycles. The summed E-state index contributed by atoms with van der Waals surface area (Å²) >= 11 is 1.11. The molecule has 0 bridgehead atoms. The molecule has 2 rings (SSSR count). The van der Waals surface area contributed by atoms with Crippen molar-refractivity contribution >= 4 is 11.8 Å². The topological polar surface area (TPSA) is 26.0 Å². The van der Waals surface area contributed by atoms with Crippen molar-refractivity contribution in [2.45, 2.75) is 30.1 Å². The molecule has 2 aromatic carbocycles. The second-order valence-corrected chi connectivity index (χ2v) is 5.86. The summed E-state index contributed by atoms with van der Waals surface area (Å²) in [5.74, 6) is -1.06. The SMILES string of the molecule is Cc1ccc(Sc2c(F)cc(CCN)cc2F)cc1C. The number of rotatable bonds is 4. The fraction of sp³-hybridized carbons (Fsp3) is 0.250. The lowest BCUT2D eigenvalue weighted by Gasteiger charge is -2.09. The number of aryl methyl sites for hydroxylation is 2. The average Bonchev–Trinajstić information content (AvgIpc) is 2.38. The van der Waals surface area contributed by atoms with E-state index in [-0.39, 0.29) is 4.90 Å². The molecule has 4 heteroatoms. The molecule has 0 radical (unpaired) electrons. The molecule has 0 amide bonds. The van der Waals surface area contributed by atoms with Crippen molar-refractivity contribution in [1.82, 2.24) is 0 Å². The number of hydrogen-bond donors (Lipinski definition) is 1. The highest BCUT2D eigenvalue weighted by atomic mass is 32.2. The van der Waals surface area contributed by atoms with Crippen LogP contribution in [0, 0.1) is 25.5 Å². The highest BCUT2D eigenvalue weighted by Gasteiger charge is 2.13. The molecule has 0 spiro atoms. The van der Waals surface area contributed by atoms with E-state index < -0.39 is 11.6 Å². The Bertz CT molecular complexity index is 603. The Hall–Kier alpha value is -1.39. The van der Waals surface area contributed by atoms with Gasteiger partial charge in [-0.15, -0.1) is 0 Å². The average molecular weight is 293 g/mol. The van der Waals surface area contributed by atoms with E-state index in [1.54, 1.807) is 0 Å². The van der Waals surface area contributed by atoms with E-state index in [9.17, 15) is 8.78 Å². The van der Waals surface area contributed by atoms with Gasteiger partial charge in [-0.1, -0.05) is 17.8 Å². The maximum absolute atomic E-state index is 14.0. The molecule has 0 atom stereocenters. The summed E-state index contributed by atoms with van der Waals surface area (Å²) in [5, 5.41) is 0. The fourth-order valence-electron chi connectivity index (χ4n) is 1.92. The van der Waals surface area contributed by atoms with Gasteiger partial charge in [-0.3, -0.25) is 0 Å². The van der Waals surface area contributed by atoms with Crippen molar-refractivity contribution < 1.29 is 8.78 Å². The van der Waals surface area contributed by atoms with Gasteiger partial charge in [0.25, 0.3) is 0 Å². The Labute approximate surface area is 122 Å². The predicted octanol–water partition coefficient (Wildman–Crippen LogP) is 4.23. The van der Waals surface area contributed by atoms with Crippen molar-refractivity contribution in [2.75, 3.05) is 6.54 Å². The van der Waals surface area contributed by atoms with Crippen LogP contribution < -0.4 is 5.73 Å². The second-order valence-electron chi connectivity index (χ2n) is 4.78. The molecule has 0 fully saturated rings. The number of nitrogens with two attached hydrogens (primary N) is 1. The molecule has 0 saturated heterocycles. The van der Waals surface area contributed by atoms with E-state index in [1.807, 2.05) is 32.0 Å². The standard InChI is InChI=1S/C16H17F2NS/c1-10-3-4-13(7-11(10)2)20-16-14(17)8-12(5-6-19)9-15(16)18/h3-4,7-9H,5-6,19H2,1-2H3. The van der Waals surface area contributed by atoms with Crippen LogP contribution >= 0.6 is 11.8 Å². The zero-order chi connectivity index (χ0) is 14.7. The summed E-state index contributed by atoms with van der Waals surface area (Å²) in [4.78, 5) is 0.867. The van der Waals surface area contributed by atoms with Gasteiger partial charge < -0.3 is 5.73 Å². The zero-order valence-electron chi connectivity index (χ0n) is 11.5. The third kappa shape index (κ3) is 3.38. The zero-order valence-corrected chi connectivity index (χ0v) is 12.4. The van der Waals surface area contributed by atoms with Gasteiger partial charge >= 0.3 is 0 Å². The minimum absolute atomic E-state index is 0.0361. The van der Waals surface area contributed by atoms with Gasteiger partial charge in [0, 0.05) is 4.90 Å². The van der Waals surface area contributed by atoms with Crippen molar-refractivity contribution in [2.24, 2.45) is 5.73 Å². The summed E-state index contributed by atoms with van der Waals surface area (Å²) in [7, 11) is 0. The summed E-state index contributed by atoms with van der Waals surface area (Å²) in [6.07, 6.45) is 0.475. The van der Waals surface area contributed by atoms with Gasteiger partial charge in [0.05, 0.1) is 4.90 Å². The first-order valence-corrected chi connectivity index (χ1v) is 7.26. The smallest absolute Gasteiger partial charge is 0.140 e. The van der Waals surface area contributed by atoms with Crippen molar-refractivity contribution in [3.63, 3.8) is 0 Å². The number of hydrogen-bond acceptors (Lipinski definition) is 2. The molecule has 106 valence electrons. The number of halogens is 2. The minimum atomic E-state index is -0.531. The first kappa shape index (κ1) is 15.0. The molecule has 20 heavy (non-hydrogen) atoms. The molecule has 0 saturated carbocycles. The van der Waals surface area contributed by atoms with Crippen LogP contribution in [0.3, 0.4) is 0 Å². The van der Waals surface area contributed by atoms with E-state index in [1.165, 1.54) is 12.1 Å². The maximum Gasteiger partial charge on any atom is 0.140 e. The van der Waals surface area contributed by atoms with Crippen molar-refractivity contribution in [3.8, 4) is 0 Å². The van der Waals surface area contributed by atoms with Crippen LogP contribution in [0.15, 0.2) is 40.1 Å². The van der Waals surface area contributed by atoms with E-state index in [0.29, 0.717) is 18.5 Å². The van der Waals surface area contributed by atoms with Crippen LogP contribution in [0.5, 0.6) is 0 Å². The van der Waals surface area contributed by atoms with E-state index in [0.717, 1.165) is 27.8 Å². The van der Waals surface area contributed by atoms with Crippen LogP contribution in [0.2, 0.25) is 0 Å². The van der Waals surface area contributed by atoms with Crippen LogP contribution in [0.25, 0.3) is 0 Å². The first-order chi connectivity index (χ1) is 9.51. The first-order valence-electron chi connectivity index (χ1n) is 6.44. The molecule has 0 unspecified atom stereocenters. The van der Waals surface area contributed by atoms with E-state index in [4.69, 9.17) is 5.73 Å². The molecule has 0 aliphatic rings. The van der Waals surface area contributed by atoms with E-state index in [2.05, 4.69) is 0 Å². The highest BCUT2D eigenvalue weighted by molar-refractivity contribution is 7.99. The van der Waals surface area contributed by atoms with Gasteiger partial charge in [0.2, 0.25) is 0 Å². The van der Waals surface area contributed by atoms with Gasteiger partial charge in [0.15, 0.2) is 0 Å². The van der Waals surface area contributed by atoms with Gasteiger partial charge in [-0.05, 0) is 67.8 Å². The Morgan fingerprint density at radius 3 is 2.20 bits per heavy atom. The third-order valence-electron chi connectivity index (χ3n) is 3.19. The Morgan fingerprint density at radius 2 is 1.65 bits per heavy atom. The van der Waals surface area contributed by atoms with Gasteiger partial charge in [0.1, 0.15) is 11.6 Å².